The van der Waals surface area contributed by atoms with Crippen molar-refractivity contribution in [3.63, 3.8) is 0 Å². The summed E-state index contributed by atoms with van der Waals surface area (Å²) < 4.78 is 7.90. The topological polar surface area (TPSA) is 39.1 Å². The van der Waals surface area contributed by atoms with E-state index in [-0.39, 0.29) is 5.41 Å². The summed E-state index contributed by atoms with van der Waals surface area (Å²) in [5.74, 6) is 0. The van der Waals surface area contributed by atoms with E-state index in [9.17, 15) is 0 Å². The molecule has 0 saturated carbocycles. The lowest BCUT2D eigenvalue weighted by molar-refractivity contribution is -0.00789. The number of nitrogens with zero attached hydrogens (tertiary/aromatic N) is 2. The second-order valence-corrected chi connectivity index (χ2v) is 5.71. The Kier molecular flexibility index (Phi) is 4.99. The third-order valence-corrected chi connectivity index (χ3v) is 4.00. The summed E-state index contributed by atoms with van der Waals surface area (Å²) >= 11 is 0. The van der Waals surface area contributed by atoms with Crippen molar-refractivity contribution in [1.82, 2.24) is 15.1 Å². The predicted octanol–water partition coefficient (Wildman–Crippen LogP) is 2.16. The molecule has 0 amide bonds. The highest BCUT2D eigenvalue weighted by Crippen LogP contribution is 2.32. The van der Waals surface area contributed by atoms with Gasteiger partial charge in [-0.15, -0.1) is 0 Å². The smallest absolute Gasteiger partial charge is 0.0596 e. The van der Waals surface area contributed by atoms with Crippen LogP contribution in [0.4, 0.5) is 0 Å². The molecule has 108 valence electrons. The Morgan fingerprint density at radius 3 is 2.95 bits per heavy atom. The van der Waals surface area contributed by atoms with Crippen LogP contribution in [-0.2, 0) is 17.7 Å². The molecule has 1 atom stereocenters. The zero-order valence-electron chi connectivity index (χ0n) is 12.5. The molecule has 1 fully saturated rings. The van der Waals surface area contributed by atoms with Crippen molar-refractivity contribution in [3.8, 4) is 0 Å². The highest BCUT2D eigenvalue weighted by Gasteiger charge is 2.33. The molecular weight excluding hydrogens is 238 g/mol. The van der Waals surface area contributed by atoms with Crippen LogP contribution in [0.1, 0.15) is 38.1 Å². The van der Waals surface area contributed by atoms with Crippen LogP contribution in [0.5, 0.6) is 0 Å². The minimum absolute atomic E-state index is 0.244. The van der Waals surface area contributed by atoms with E-state index in [1.165, 1.54) is 18.5 Å². The van der Waals surface area contributed by atoms with E-state index >= 15 is 0 Å². The molecule has 2 rings (SSSR count). The summed E-state index contributed by atoms with van der Waals surface area (Å²) in [6.45, 7) is 11.2. The first-order valence-corrected chi connectivity index (χ1v) is 7.51. The molecule has 1 aliphatic heterocycles. The molecule has 1 aromatic rings. The van der Waals surface area contributed by atoms with Gasteiger partial charge in [0.15, 0.2) is 0 Å². The Hall–Kier alpha value is -0.870. The fourth-order valence-electron chi connectivity index (χ4n) is 3.04. The number of hydrogen-bond donors (Lipinski definition) is 1. The normalized spacial score (nSPS) is 23.7. The van der Waals surface area contributed by atoms with Crippen LogP contribution in [0.2, 0.25) is 0 Å². The molecule has 4 nitrogen and oxygen atoms in total. The van der Waals surface area contributed by atoms with Crippen LogP contribution >= 0.6 is 0 Å². The Morgan fingerprint density at radius 1 is 1.47 bits per heavy atom. The first-order chi connectivity index (χ1) is 9.19. The highest BCUT2D eigenvalue weighted by molar-refractivity contribution is 5.12. The Balaban J connectivity index is 2.14. The van der Waals surface area contributed by atoms with E-state index < -0.39 is 0 Å². The second-order valence-electron chi connectivity index (χ2n) is 5.71. The van der Waals surface area contributed by atoms with Crippen molar-refractivity contribution in [2.24, 2.45) is 5.41 Å². The summed E-state index contributed by atoms with van der Waals surface area (Å²) in [6.07, 6.45) is 3.48. The van der Waals surface area contributed by atoms with Gasteiger partial charge in [-0.2, -0.15) is 5.10 Å². The first kappa shape index (κ1) is 14.5. The summed E-state index contributed by atoms with van der Waals surface area (Å²) in [4.78, 5) is 0. The monoisotopic (exact) mass is 265 g/mol. The van der Waals surface area contributed by atoms with Gasteiger partial charge in [-0.05, 0) is 45.7 Å². The standard InChI is InChI=1S/C15H27N3O/c1-4-16-11-15(7-6-8-19-12-15)10-14-9-13(3)17-18(14)5-2/h9,16H,4-8,10-12H2,1-3H3. The van der Waals surface area contributed by atoms with Gasteiger partial charge in [0.1, 0.15) is 0 Å². The van der Waals surface area contributed by atoms with Crippen molar-refractivity contribution in [2.45, 2.75) is 46.6 Å². The maximum Gasteiger partial charge on any atom is 0.0596 e. The van der Waals surface area contributed by atoms with E-state index in [2.05, 4.69) is 41.9 Å². The number of aromatic nitrogens is 2. The molecule has 0 spiro atoms. The SMILES string of the molecule is CCNCC1(Cc2cc(C)nn2CC)CCCOC1. The lowest BCUT2D eigenvalue weighted by atomic mass is 9.78. The number of nitrogens with one attached hydrogen (secondary N) is 1. The van der Waals surface area contributed by atoms with Crippen molar-refractivity contribution in [2.75, 3.05) is 26.3 Å². The van der Waals surface area contributed by atoms with Gasteiger partial charge in [0.25, 0.3) is 0 Å². The summed E-state index contributed by atoms with van der Waals surface area (Å²) in [5.41, 5.74) is 2.71. The van der Waals surface area contributed by atoms with Crippen molar-refractivity contribution < 1.29 is 4.74 Å². The van der Waals surface area contributed by atoms with Crippen molar-refractivity contribution in [1.29, 1.82) is 0 Å². The van der Waals surface area contributed by atoms with E-state index in [0.29, 0.717) is 0 Å². The number of hydrogen-bond acceptors (Lipinski definition) is 3. The molecule has 4 heteroatoms. The average Bonchev–Trinajstić information content (AvgIpc) is 2.77. The van der Waals surface area contributed by atoms with Crippen LogP contribution in [0.15, 0.2) is 6.07 Å². The molecule has 19 heavy (non-hydrogen) atoms. The lowest BCUT2D eigenvalue weighted by Crippen LogP contribution is -2.43. The highest BCUT2D eigenvalue weighted by atomic mass is 16.5. The van der Waals surface area contributed by atoms with Gasteiger partial charge in [0.05, 0.1) is 12.3 Å². The molecular formula is C15H27N3O. The van der Waals surface area contributed by atoms with E-state index in [0.717, 1.165) is 45.0 Å². The maximum absolute atomic E-state index is 5.77. The lowest BCUT2D eigenvalue weighted by Gasteiger charge is -2.37. The van der Waals surface area contributed by atoms with Gasteiger partial charge in [-0.1, -0.05) is 6.92 Å². The largest absolute Gasteiger partial charge is 0.381 e. The van der Waals surface area contributed by atoms with Gasteiger partial charge in [0.2, 0.25) is 0 Å². The molecule has 1 unspecified atom stereocenters. The third kappa shape index (κ3) is 3.57. The average molecular weight is 265 g/mol. The van der Waals surface area contributed by atoms with Gasteiger partial charge in [-0.3, -0.25) is 4.68 Å². The molecule has 1 aliphatic rings. The minimum atomic E-state index is 0.244. The van der Waals surface area contributed by atoms with Gasteiger partial charge in [-0.25, -0.2) is 0 Å². The van der Waals surface area contributed by atoms with Crippen molar-refractivity contribution >= 4 is 0 Å². The summed E-state index contributed by atoms with van der Waals surface area (Å²) in [7, 11) is 0. The molecule has 0 aliphatic carbocycles. The molecule has 2 heterocycles. The predicted molar refractivity (Wildman–Crippen MR) is 77.4 cm³/mol. The molecule has 1 saturated heterocycles. The fourth-order valence-corrected chi connectivity index (χ4v) is 3.04. The molecule has 0 aromatic carbocycles. The third-order valence-electron chi connectivity index (χ3n) is 4.00. The van der Waals surface area contributed by atoms with Crippen LogP contribution < -0.4 is 5.32 Å². The van der Waals surface area contributed by atoms with Gasteiger partial charge in [0, 0.05) is 30.8 Å². The molecule has 0 radical (unpaired) electrons. The number of rotatable bonds is 6. The minimum Gasteiger partial charge on any atom is -0.381 e. The Morgan fingerprint density at radius 2 is 2.32 bits per heavy atom. The molecule has 1 aromatic heterocycles. The van der Waals surface area contributed by atoms with Gasteiger partial charge >= 0.3 is 0 Å². The van der Waals surface area contributed by atoms with E-state index in [1.807, 2.05) is 0 Å². The van der Waals surface area contributed by atoms with Crippen LogP contribution in [-0.4, -0.2) is 36.1 Å². The first-order valence-electron chi connectivity index (χ1n) is 7.51. The van der Waals surface area contributed by atoms with E-state index in [4.69, 9.17) is 4.74 Å². The van der Waals surface area contributed by atoms with Crippen LogP contribution in [0.3, 0.4) is 0 Å². The maximum atomic E-state index is 5.77. The molecule has 1 N–H and O–H groups in total. The zero-order chi connectivity index (χ0) is 13.7. The Labute approximate surface area is 116 Å². The van der Waals surface area contributed by atoms with Crippen molar-refractivity contribution in [3.05, 3.63) is 17.5 Å². The zero-order valence-corrected chi connectivity index (χ0v) is 12.5. The quantitative estimate of drug-likeness (QED) is 0.856. The van der Waals surface area contributed by atoms with Crippen LogP contribution in [0, 0.1) is 12.3 Å². The second kappa shape index (κ2) is 6.53. The molecule has 0 bridgehead atoms. The number of ether oxygens (including phenoxy) is 1. The Bertz CT molecular complexity index is 394. The fraction of sp³-hybridized carbons (Fsp3) is 0.800. The summed E-state index contributed by atoms with van der Waals surface area (Å²) in [5, 5.41) is 8.08. The van der Waals surface area contributed by atoms with E-state index in [1.54, 1.807) is 0 Å². The number of aryl methyl sites for hydroxylation is 2. The summed E-state index contributed by atoms with van der Waals surface area (Å²) in [6, 6.07) is 2.23. The van der Waals surface area contributed by atoms with Gasteiger partial charge < -0.3 is 10.1 Å². The van der Waals surface area contributed by atoms with Crippen LogP contribution in [0.25, 0.3) is 0 Å².